The van der Waals surface area contributed by atoms with E-state index in [1.807, 2.05) is 17.5 Å². The van der Waals surface area contributed by atoms with Gasteiger partial charge in [-0.3, -0.25) is 4.90 Å². The van der Waals surface area contributed by atoms with Crippen LogP contribution in [0.25, 0.3) is 10.8 Å². The van der Waals surface area contributed by atoms with E-state index in [4.69, 9.17) is 4.42 Å². The molecule has 0 amide bonds. The fraction of sp³-hybridized carbons (Fsp3) is 0.400. The summed E-state index contributed by atoms with van der Waals surface area (Å²) < 4.78 is 5.91. The van der Waals surface area contributed by atoms with Gasteiger partial charge in [0.05, 0.1) is 10.9 Å². The van der Waals surface area contributed by atoms with E-state index in [-0.39, 0.29) is 6.04 Å². The zero-order valence-electron chi connectivity index (χ0n) is 15.0. The van der Waals surface area contributed by atoms with Crippen LogP contribution in [-0.2, 0) is 6.42 Å². The lowest BCUT2D eigenvalue weighted by Gasteiger charge is -2.36. The summed E-state index contributed by atoms with van der Waals surface area (Å²) in [6.07, 6.45) is 1.12. The minimum absolute atomic E-state index is 0.160. The van der Waals surface area contributed by atoms with Crippen LogP contribution in [-0.4, -0.2) is 52.7 Å². The third-order valence-electron chi connectivity index (χ3n) is 5.04. The van der Waals surface area contributed by atoms with Gasteiger partial charge >= 0.3 is 0 Å². The lowest BCUT2D eigenvalue weighted by molar-refractivity contribution is 0.0923. The zero-order valence-corrected chi connectivity index (χ0v) is 15.9. The van der Waals surface area contributed by atoms with E-state index < -0.39 is 0 Å². The van der Waals surface area contributed by atoms with Gasteiger partial charge in [-0.25, -0.2) is 0 Å². The lowest BCUT2D eigenvalue weighted by atomic mass is 10.1. The first kappa shape index (κ1) is 17.4. The molecule has 1 aliphatic rings. The number of aromatic nitrogens is 2. The highest BCUT2D eigenvalue weighted by atomic mass is 32.1. The van der Waals surface area contributed by atoms with Crippen molar-refractivity contribution in [2.45, 2.75) is 19.4 Å². The molecule has 6 heteroatoms. The van der Waals surface area contributed by atoms with Gasteiger partial charge in [0.25, 0.3) is 5.89 Å². The van der Waals surface area contributed by atoms with Gasteiger partial charge in [-0.2, -0.15) is 0 Å². The van der Waals surface area contributed by atoms with Crippen LogP contribution in [0, 0.1) is 0 Å². The standard InChI is InChI=1S/C20H24N4OS/c1-16(19-21-22-20(25-19)18-8-5-15-26-18)24-13-11-23(12-14-24)10-9-17-6-3-2-4-7-17/h2-8,15-16H,9-14H2,1H3/t16-/m0/s1. The molecule has 1 aromatic carbocycles. The molecule has 1 fully saturated rings. The molecule has 3 aromatic rings. The van der Waals surface area contributed by atoms with Crippen molar-refractivity contribution in [3.8, 4) is 10.8 Å². The van der Waals surface area contributed by atoms with Crippen LogP contribution in [0.5, 0.6) is 0 Å². The summed E-state index contributed by atoms with van der Waals surface area (Å²) in [6.45, 7) is 7.52. The predicted octanol–water partition coefficient (Wildman–Crippen LogP) is 3.72. The maximum Gasteiger partial charge on any atom is 0.257 e. The van der Waals surface area contributed by atoms with E-state index >= 15 is 0 Å². The van der Waals surface area contributed by atoms with Crippen molar-refractivity contribution in [1.29, 1.82) is 0 Å². The van der Waals surface area contributed by atoms with Crippen LogP contribution < -0.4 is 0 Å². The van der Waals surface area contributed by atoms with E-state index in [9.17, 15) is 0 Å². The topological polar surface area (TPSA) is 45.4 Å². The Kier molecular flexibility index (Phi) is 5.43. The fourth-order valence-corrected chi connectivity index (χ4v) is 4.01. The Hall–Kier alpha value is -2.02. The molecule has 0 radical (unpaired) electrons. The van der Waals surface area contributed by atoms with Gasteiger partial charge in [0.2, 0.25) is 5.89 Å². The maximum absolute atomic E-state index is 5.91. The number of benzene rings is 1. The molecule has 2 aromatic heterocycles. The first-order chi connectivity index (χ1) is 12.8. The lowest BCUT2D eigenvalue weighted by Crippen LogP contribution is -2.47. The van der Waals surface area contributed by atoms with Gasteiger partial charge in [-0.15, -0.1) is 21.5 Å². The van der Waals surface area contributed by atoms with Gasteiger partial charge in [0.1, 0.15) is 0 Å². The van der Waals surface area contributed by atoms with E-state index in [0.717, 1.165) is 44.0 Å². The molecular formula is C20H24N4OS. The Morgan fingerprint density at radius 2 is 1.85 bits per heavy atom. The molecule has 0 bridgehead atoms. The van der Waals surface area contributed by atoms with Crippen LogP contribution in [0.15, 0.2) is 52.3 Å². The van der Waals surface area contributed by atoms with Crippen molar-refractivity contribution in [3.05, 3.63) is 59.3 Å². The van der Waals surface area contributed by atoms with Crippen molar-refractivity contribution in [2.24, 2.45) is 0 Å². The minimum atomic E-state index is 0.160. The Morgan fingerprint density at radius 1 is 1.04 bits per heavy atom. The van der Waals surface area contributed by atoms with Gasteiger partial charge in [-0.1, -0.05) is 36.4 Å². The zero-order chi connectivity index (χ0) is 17.8. The molecule has 26 heavy (non-hydrogen) atoms. The molecule has 1 aliphatic heterocycles. The fourth-order valence-electron chi connectivity index (χ4n) is 3.37. The number of hydrogen-bond donors (Lipinski definition) is 0. The van der Waals surface area contributed by atoms with Crippen molar-refractivity contribution >= 4 is 11.3 Å². The molecule has 0 N–H and O–H groups in total. The van der Waals surface area contributed by atoms with Crippen molar-refractivity contribution in [1.82, 2.24) is 20.0 Å². The second-order valence-corrected chi connectivity index (χ2v) is 7.66. The molecule has 3 heterocycles. The normalized spacial score (nSPS) is 17.4. The largest absolute Gasteiger partial charge is 0.418 e. The average molecular weight is 369 g/mol. The number of rotatable bonds is 6. The summed E-state index contributed by atoms with van der Waals surface area (Å²) in [5, 5.41) is 10.5. The molecule has 1 atom stereocenters. The van der Waals surface area contributed by atoms with Crippen LogP contribution in [0.1, 0.15) is 24.4 Å². The molecule has 136 valence electrons. The smallest absolute Gasteiger partial charge is 0.257 e. The summed E-state index contributed by atoms with van der Waals surface area (Å²) in [5.74, 6) is 1.34. The highest BCUT2D eigenvalue weighted by Gasteiger charge is 2.25. The molecule has 0 aliphatic carbocycles. The summed E-state index contributed by atoms with van der Waals surface area (Å²) in [5.41, 5.74) is 1.41. The SMILES string of the molecule is C[C@@H](c1nnc(-c2cccs2)o1)N1CCN(CCc2ccccc2)CC1. The highest BCUT2D eigenvalue weighted by Crippen LogP contribution is 2.27. The number of thiophene rings is 1. The monoisotopic (exact) mass is 368 g/mol. The van der Waals surface area contributed by atoms with Crippen LogP contribution in [0.4, 0.5) is 0 Å². The van der Waals surface area contributed by atoms with Gasteiger partial charge in [-0.05, 0) is 30.4 Å². The summed E-state index contributed by atoms with van der Waals surface area (Å²) in [7, 11) is 0. The average Bonchev–Trinajstić information content (AvgIpc) is 3.38. The molecule has 0 spiro atoms. The van der Waals surface area contributed by atoms with E-state index in [1.165, 1.54) is 5.56 Å². The first-order valence-electron chi connectivity index (χ1n) is 9.17. The van der Waals surface area contributed by atoms with Crippen molar-refractivity contribution < 1.29 is 4.42 Å². The quantitative estimate of drug-likeness (QED) is 0.663. The van der Waals surface area contributed by atoms with Crippen LogP contribution in [0.3, 0.4) is 0 Å². The Balaban J connectivity index is 1.29. The van der Waals surface area contributed by atoms with Gasteiger partial charge < -0.3 is 9.32 Å². The number of hydrogen-bond acceptors (Lipinski definition) is 6. The van der Waals surface area contributed by atoms with Crippen molar-refractivity contribution in [2.75, 3.05) is 32.7 Å². The van der Waals surface area contributed by atoms with Crippen LogP contribution >= 0.6 is 11.3 Å². The Morgan fingerprint density at radius 3 is 2.58 bits per heavy atom. The van der Waals surface area contributed by atoms with E-state index in [1.54, 1.807) is 11.3 Å². The molecule has 4 rings (SSSR count). The van der Waals surface area contributed by atoms with Gasteiger partial charge in [0.15, 0.2) is 0 Å². The first-order valence-corrected chi connectivity index (χ1v) is 10.0. The highest BCUT2D eigenvalue weighted by molar-refractivity contribution is 7.13. The Bertz CT molecular complexity index is 794. The second kappa shape index (κ2) is 8.12. The third-order valence-corrected chi connectivity index (χ3v) is 5.90. The van der Waals surface area contributed by atoms with Gasteiger partial charge in [0, 0.05) is 32.7 Å². The minimum Gasteiger partial charge on any atom is -0.418 e. The Labute approximate surface area is 158 Å². The molecular weight excluding hydrogens is 344 g/mol. The van der Waals surface area contributed by atoms with E-state index in [2.05, 4.69) is 57.3 Å². The predicted molar refractivity (Wildman–Crippen MR) is 104 cm³/mol. The summed E-state index contributed by atoms with van der Waals surface area (Å²) >= 11 is 1.62. The van der Waals surface area contributed by atoms with Crippen molar-refractivity contribution in [3.63, 3.8) is 0 Å². The number of piperazine rings is 1. The second-order valence-electron chi connectivity index (χ2n) is 6.71. The molecule has 5 nitrogen and oxygen atoms in total. The van der Waals surface area contributed by atoms with E-state index in [0.29, 0.717) is 11.8 Å². The third kappa shape index (κ3) is 4.03. The number of nitrogens with zero attached hydrogens (tertiary/aromatic N) is 4. The molecule has 0 unspecified atom stereocenters. The summed E-state index contributed by atoms with van der Waals surface area (Å²) in [6, 6.07) is 14.9. The van der Waals surface area contributed by atoms with Crippen LogP contribution in [0.2, 0.25) is 0 Å². The molecule has 0 saturated carbocycles. The maximum atomic E-state index is 5.91. The summed E-state index contributed by atoms with van der Waals surface area (Å²) in [4.78, 5) is 6.01. The molecule has 1 saturated heterocycles.